The number of aliphatic carboxylic acids is 1. The Balaban J connectivity index is 1.80. The van der Waals surface area contributed by atoms with Gasteiger partial charge < -0.3 is 15.3 Å². The Bertz CT molecular complexity index is 560. The average Bonchev–Trinajstić information content (AvgIpc) is 2.55. The molecule has 0 aromatic heterocycles. The van der Waals surface area contributed by atoms with Crippen molar-refractivity contribution in [1.82, 2.24) is 10.2 Å². The molecule has 1 saturated heterocycles. The highest BCUT2D eigenvalue weighted by atomic mass is 16.4. The van der Waals surface area contributed by atoms with Crippen LogP contribution in [-0.2, 0) is 11.2 Å². The van der Waals surface area contributed by atoms with Crippen LogP contribution >= 0.6 is 0 Å². The predicted molar refractivity (Wildman–Crippen MR) is 94.2 cm³/mol. The lowest BCUT2D eigenvalue weighted by molar-refractivity contribution is -0.143. The number of carbonyl (C=O) groups is 2. The summed E-state index contributed by atoms with van der Waals surface area (Å²) < 4.78 is 0. The first-order valence-corrected chi connectivity index (χ1v) is 8.74. The van der Waals surface area contributed by atoms with Gasteiger partial charge in [-0.2, -0.15) is 0 Å². The van der Waals surface area contributed by atoms with E-state index in [9.17, 15) is 9.59 Å². The minimum atomic E-state index is -0.756. The van der Waals surface area contributed by atoms with Crippen LogP contribution in [0.4, 0.5) is 4.79 Å². The quantitative estimate of drug-likeness (QED) is 0.869. The van der Waals surface area contributed by atoms with E-state index in [-0.39, 0.29) is 18.0 Å². The van der Waals surface area contributed by atoms with Crippen molar-refractivity contribution in [3.8, 4) is 0 Å². The van der Waals surface area contributed by atoms with E-state index in [4.69, 9.17) is 5.11 Å². The molecule has 24 heavy (non-hydrogen) atoms. The Morgan fingerprint density at radius 2 is 1.75 bits per heavy atom. The van der Waals surface area contributed by atoms with Gasteiger partial charge in [0.05, 0.1) is 5.92 Å². The van der Waals surface area contributed by atoms with Gasteiger partial charge in [0.2, 0.25) is 0 Å². The van der Waals surface area contributed by atoms with Crippen molar-refractivity contribution in [3.05, 3.63) is 35.4 Å². The largest absolute Gasteiger partial charge is 0.481 e. The average molecular weight is 332 g/mol. The second kappa shape index (κ2) is 8.18. The van der Waals surface area contributed by atoms with Crippen LogP contribution in [0.5, 0.6) is 0 Å². The van der Waals surface area contributed by atoms with Crippen LogP contribution in [0.3, 0.4) is 0 Å². The van der Waals surface area contributed by atoms with Crippen LogP contribution in [0.2, 0.25) is 0 Å². The molecule has 1 aliphatic rings. The Hall–Kier alpha value is -2.04. The summed E-state index contributed by atoms with van der Waals surface area (Å²) >= 11 is 0. The molecule has 1 unspecified atom stereocenters. The molecule has 132 valence electrons. The number of carbonyl (C=O) groups excluding carboxylic acids is 1. The smallest absolute Gasteiger partial charge is 0.317 e. The van der Waals surface area contributed by atoms with E-state index in [2.05, 4.69) is 43.4 Å². The van der Waals surface area contributed by atoms with Crippen LogP contribution in [0, 0.1) is 5.92 Å². The lowest BCUT2D eigenvalue weighted by Gasteiger charge is -2.31. The highest BCUT2D eigenvalue weighted by Crippen LogP contribution is 2.18. The van der Waals surface area contributed by atoms with Gasteiger partial charge in [-0.15, -0.1) is 0 Å². The molecule has 2 rings (SSSR count). The lowest BCUT2D eigenvalue weighted by Crippen LogP contribution is -2.48. The Labute approximate surface area is 144 Å². The third kappa shape index (κ3) is 4.98. The predicted octanol–water partition coefficient (Wildman–Crippen LogP) is 3.25. The number of likely N-dealkylation sites (tertiary alicyclic amines) is 1. The molecule has 2 N–H and O–H groups in total. The van der Waals surface area contributed by atoms with Crippen LogP contribution < -0.4 is 5.32 Å². The third-order valence-corrected chi connectivity index (χ3v) is 4.69. The summed E-state index contributed by atoms with van der Waals surface area (Å²) in [7, 11) is 0. The molecule has 0 bridgehead atoms. The number of urea groups is 1. The number of hydrogen-bond acceptors (Lipinski definition) is 2. The molecule has 0 spiro atoms. The van der Waals surface area contributed by atoms with E-state index < -0.39 is 5.97 Å². The van der Waals surface area contributed by atoms with E-state index in [1.165, 1.54) is 11.1 Å². The van der Waals surface area contributed by atoms with Gasteiger partial charge in [0.15, 0.2) is 0 Å². The van der Waals surface area contributed by atoms with Gasteiger partial charge >= 0.3 is 12.0 Å². The first kappa shape index (κ1) is 18.3. The van der Waals surface area contributed by atoms with Crippen LogP contribution in [0.1, 0.15) is 50.7 Å². The van der Waals surface area contributed by atoms with Crippen molar-refractivity contribution < 1.29 is 14.7 Å². The number of rotatable bonds is 5. The highest BCUT2D eigenvalue weighted by Gasteiger charge is 2.27. The summed E-state index contributed by atoms with van der Waals surface area (Å²) in [6.45, 7) is 7.37. The molecule has 0 saturated carbocycles. The van der Waals surface area contributed by atoms with Gasteiger partial charge in [0.1, 0.15) is 0 Å². The van der Waals surface area contributed by atoms with Gasteiger partial charge in [-0.05, 0) is 43.2 Å². The minimum Gasteiger partial charge on any atom is -0.481 e. The number of carboxylic acids is 1. The number of carboxylic acid groups (broad SMARTS) is 1. The molecule has 1 aromatic carbocycles. The molecular weight excluding hydrogens is 304 g/mol. The van der Waals surface area contributed by atoms with E-state index in [1.54, 1.807) is 4.90 Å². The zero-order valence-corrected chi connectivity index (χ0v) is 14.8. The van der Waals surface area contributed by atoms with Crippen LogP contribution in [0.25, 0.3) is 0 Å². The van der Waals surface area contributed by atoms with Crippen molar-refractivity contribution in [2.45, 2.75) is 52.0 Å². The number of amides is 2. The maximum atomic E-state index is 12.3. The molecule has 1 atom stereocenters. The van der Waals surface area contributed by atoms with Crippen LogP contribution in [-0.4, -0.2) is 41.1 Å². The van der Waals surface area contributed by atoms with Crippen molar-refractivity contribution in [3.63, 3.8) is 0 Å². The summed E-state index contributed by atoms with van der Waals surface area (Å²) in [5.74, 6) is -0.552. The SMILES string of the molecule is CC(Cc1ccc(C(C)C)cc1)NC(=O)N1CCC(C(=O)O)CC1. The second-order valence-corrected chi connectivity index (χ2v) is 7.05. The van der Waals surface area contributed by atoms with Gasteiger partial charge in [-0.1, -0.05) is 38.1 Å². The van der Waals surface area contributed by atoms with Gasteiger partial charge in [0, 0.05) is 19.1 Å². The molecule has 0 radical (unpaired) electrons. The summed E-state index contributed by atoms with van der Waals surface area (Å²) in [5, 5.41) is 12.0. The topological polar surface area (TPSA) is 69.6 Å². The number of nitrogens with zero attached hydrogens (tertiary/aromatic N) is 1. The highest BCUT2D eigenvalue weighted by molar-refractivity contribution is 5.75. The maximum absolute atomic E-state index is 12.3. The second-order valence-electron chi connectivity index (χ2n) is 7.05. The molecular formula is C19H28N2O3. The zero-order chi connectivity index (χ0) is 17.7. The maximum Gasteiger partial charge on any atom is 0.317 e. The molecule has 1 aliphatic heterocycles. The van der Waals surface area contributed by atoms with E-state index in [0.717, 1.165) is 6.42 Å². The van der Waals surface area contributed by atoms with Crippen molar-refractivity contribution >= 4 is 12.0 Å². The molecule has 2 amide bonds. The molecule has 1 heterocycles. The van der Waals surface area contributed by atoms with Gasteiger partial charge in [-0.25, -0.2) is 4.79 Å². The summed E-state index contributed by atoms with van der Waals surface area (Å²) in [6, 6.07) is 8.48. The summed E-state index contributed by atoms with van der Waals surface area (Å²) in [5.41, 5.74) is 2.52. The first-order chi connectivity index (χ1) is 11.4. The van der Waals surface area contributed by atoms with Crippen LogP contribution in [0.15, 0.2) is 24.3 Å². The Kier molecular flexibility index (Phi) is 6.23. The molecule has 1 fully saturated rings. The molecule has 0 aliphatic carbocycles. The number of benzene rings is 1. The zero-order valence-electron chi connectivity index (χ0n) is 14.8. The van der Waals surface area contributed by atoms with Gasteiger partial charge in [-0.3, -0.25) is 4.79 Å². The Morgan fingerprint density at radius 1 is 1.17 bits per heavy atom. The van der Waals surface area contributed by atoms with Gasteiger partial charge in [0.25, 0.3) is 0 Å². The van der Waals surface area contributed by atoms with Crippen molar-refractivity contribution in [2.75, 3.05) is 13.1 Å². The minimum absolute atomic E-state index is 0.0413. The number of nitrogens with one attached hydrogen (secondary N) is 1. The van der Waals surface area contributed by atoms with E-state index in [0.29, 0.717) is 31.8 Å². The molecule has 5 nitrogen and oxygen atoms in total. The van der Waals surface area contributed by atoms with E-state index >= 15 is 0 Å². The number of piperidine rings is 1. The third-order valence-electron chi connectivity index (χ3n) is 4.69. The monoisotopic (exact) mass is 332 g/mol. The van der Waals surface area contributed by atoms with Crippen molar-refractivity contribution in [2.24, 2.45) is 5.92 Å². The summed E-state index contributed by atoms with van der Waals surface area (Å²) in [6.07, 6.45) is 1.86. The standard InChI is InChI=1S/C19H28N2O3/c1-13(2)16-6-4-15(5-7-16)12-14(3)20-19(24)21-10-8-17(9-11-21)18(22)23/h4-7,13-14,17H,8-12H2,1-3H3,(H,20,24)(H,22,23). The van der Waals surface area contributed by atoms with Crippen molar-refractivity contribution in [1.29, 1.82) is 0 Å². The first-order valence-electron chi connectivity index (χ1n) is 8.74. The molecule has 5 heteroatoms. The fourth-order valence-corrected chi connectivity index (χ4v) is 3.07. The number of hydrogen-bond donors (Lipinski definition) is 2. The van der Waals surface area contributed by atoms with E-state index in [1.807, 2.05) is 6.92 Å². The molecule has 1 aromatic rings. The fraction of sp³-hybridized carbons (Fsp3) is 0.579. The Morgan fingerprint density at radius 3 is 2.25 bits per heavy atom. The lowest BCUT2D eigenvalue weighted by atomic mass is 9.97. The normalized spacial score (nSPS) is 16.9. The summed E-state index contributed by atoms with van der Waals surface area (Å²) in [4.78, 5) is 25.0. The fourth-order valence-electron chi connectivity index (χ4n) is 3.07.